The fraction of sp³-hybridized carbons (Fsp3) is 0.700. The van der Waals surface area contributed by atoms with Gasteiger partial charge in [0.2, 0.25) is 0 Å². The van der Waals surface area contributed by atoms with Gasteiger partial charge in [0.15, 0.2) is 0 Å². The average molecular weight is 300 g/mol. The highest BCUT2D eigenvalue weighted by Gasteiger charge is 2.26. The molecule has 1 unspecified atom stereocenters. The maximum atomic E-state index is 11.8. The van der Waals surface area contributed by atoms with Gasteiger partial charge in [0.25, 0.3) is 0 Å². The van der Waals surface area contributed by atoms with Crippen molar-refractivity contribution in [3.05, 3.63) is 0 Å². The van der Waals surface area contributed by atoms with Crippen LogP contribution in [0.15, 0.2) is 0 Å². The van der Waals surface area contributed by atoms with E-state index in [2.05, 4.69) is 5.32 Å². The van der Waals surface area contributed by atoms with Gasteiger partial charge < -0.3 is 20.8 Å². The van der Waals surface area contributed by atoms with Crippen LogP contribution >= 0.6 is 0 Å². The lowest BCUT2D eigenvalue weighted by Crippen LogP contribution is -2.47. The Bertz CT molecular complexity index is 359. The molecule has 0 rings (SSSR count). The van der Waals surface area contributed by atoms with Crippen molar-refractivity contribution in [2.24, 2.45) is 0 Å². The van der Waals surface area contributed by atoms with E-state index in [0.29, 0.717) is 0 Å². The van der Waals surface area contributed by atoms with Gasteiger partial charge in [0, 0.05) is 13.0 Å². The van der Waals surface area contributed by atoms with Crippen molar-refractivity contribution < 1.29 is 37.8 Å². The Kier molecular flexibility index (Phi) is 7.40. The molecule has 20 heavy (non-hydrogen) atoms. The summed E-state index contributed by atoms with van der Waals surface area (Å²) in [6.07, 6.45) is -6.10. The third-order valence-electron chi connectivity index (χ3n) is 2.15. The van der Waals surface area contributed by atoms with Gasteiger partial charge in [-0.1, -0.05) is 0 Å². The summed E-state index contributed by atoms with van der Waals surface area (Å²) in [5.41, 5.74) is 0. The van der Waals surface area contributed by atoms with Crippen molar-refractivity contribution in [2.75, 3.05) is 6.54 Å². The molecule has 0 bridgehead atoms. The highest BCUT2D eigenvalue weighted by molar-refractivity contribution is 5.86. The van der Waals surface area contributed by atoms with Crippen LogP contribution in [0.5, 0.6) is 0 Å². The van der Waals surface area contributed by atoms with Gasteiger partial charge in [-0.15, -0.1) is 0 Å². The van der Waals surface area contributed by atoms with Crippen molar-refractivity contribution in [1.29, 1.82) is 0 Å². The van der Waals surface area contributed by atoms with Crippen LogP contribution < -0.4 is 10.6 Å². The molecule has 0 aliphatic carbocycles. The van der Waals surface area contributed by atoms with E-state index >= 15 is 0 Å². The standard InChI is InChI=1S/C10H15F3N2O5/c11-10(12,13)3-1-2-4-14-9(20)15-6(8(18)19)5-7(16)17/h6H,1-5H2,(H,16,17)(H,18,19)(H2,14,15,20). The number of alkyl halides is 3. The van der Waals surface area contributed by atoms with Gasteiger partial charge in [-0.2, -0.15) is 13.2 Å². The number of unbranched alkanes of at least 4 members (excludes halogenated alkanes) is 1. The van der Waals surface area contributed by atoms with Gasteiger partial charge in [-0.05, 0) is 12.8 Å². The molecule has 0 spiro atoms. The molecule has 0 aromatic rings. The first-order valence-electron chi connectivity index (χ1n) is 5.67. The minimum Gasteiger partial charge on any atom is -0.481 e. The second-order valence-electron chi connectivity index (χ2n) is 3.96. The van der Waals surface area contributed by atoms with Gasteiger partial charge in [-0.25, -0.2) is 9.59 Å². The summed E-state index contributed by atoms with van der Waals surface area (Å²) in [7, 11) is 0. The molecule has 0 aliphatic heterocycles. The first kappa shape index (κ1) is 18.0. The molecule has 4 N–H and O–H groups in total. The van der Waals surface area contributed by atoms with Crippen LogP contribution in [0.1, 0.15) is 25.7 Å². The number of carboxylic acids is 2. The SMILES string of the molecule is O=C(O)CC(NC(=O)NCCCCC(F)(F)F)C(=O)O. The van der Waals surface area contributed by atoms with Crippen LogP contribution in [0, 0.1) is 0 Å². The van der Waals surface area contributed by atoms with Crippen LogP contribution in [-0.4, -0.2) is 46.9 Å². The molecular formula is C10H15F3N2O5. The van der Waals surface area contributed by atoms with E-state index in [9.17, 15) is 27.6 Å². The lowest BCUT2D eigenvalue weighted by atomic mass is 10.2. The molecule has 0 aromatic carbocycles. The van der Waals surface area contributed by atoms with E-state index in [0.717, 1.165) is 0 Å². The normalized spacial score (nSPS) is 12.6. The summed E-state index contributed by atoms with van der Waals surface area (Å²) in [6, 6.07) is -2.53. The molecule has 0 radical (unpaired) electrons. The summed E-state index contributed by atoms with van der Waals surface area (Å²) < 4.78 is 35.4. The van der Waals surface area contributed by atoms with Crippen molar-refractivity contribution in [2.45, 2.75) is 37.9 Å². The number of carboxylic acid groups (broad SMARTS) is 2. The molecule has 0 fully saturated rings. The molecule has 0 heterocycles. The average Bonchev–Trinajstić information content (AvgIpc) is 2.25. The number of urea groups is 1. The third-order valence-corrected chi connectivity index (χ3v) is 2.15. The molecular weight excluding hydrogens is 285 g/mol. The molecule has 0 saturated carbocycles. The van der Waals surface area contributed by atoms with Gasteiger partial charge in [0.05, 0.1) is 6.42 Å². The Balaban J connectivity index is 3.91. The Morgan fingerprint density at radius 3 is 2.15 bits per heavy atom. The van der Waals surface area contributed by atoms with Crippen molar-refractivity contribution in [3.63, 3.8) is 0 Å². The van der Waals surface area contributed by atoms with E-state index in [4.69, 9.17) is 10.2 Å². The van der Waals surface area contributed by atoms with Crippen LogP contribution in [0.2, 0.25) is 0 Å². The van der Waals surface area contributed by atoms with E-state index in [1.165, 1.54) is 0 Å². The van der Waals surface area contributed by atoms with Crippen LogP contribution in [0.3, 0.4) is 0 Å². The van der Waals surface area contributed by atoms with E-state index < -0.39 is 43.0 Å². The summed E-state index contributed by atoms with van der Waals surface area (Å²) in [4.78, 5) is 32.2. The summed E-state index contributed by atoms with van der Waals surface area (Å²) in [5.74, 6) is -2.91. The number of carbonyl (C=O) groups excluding carboxylic acids is 1. The smallest absolute Gasteiger partial charge is 0.389 e. The van der Waals surface area contributed by atoms with E-state index in [1.54, 1.807) is 0 Å². The first-order chi connectivity index (χ1) is 9.11. The predicted molar refractivity (Wildman–Crippen MR) is 60.1 cm³/mol. The summed E-state index contributed by atoms with van der Waals surface area (Å²) >= 11 is 0. The van der Waals surface area contributed by atoms with Crippen molar-refractivity contribution in [3.8, 4) is 0 Å². The van der Waals surface area contributed by atoms with E-state index in [-0.39, 0.29) is 19.4 Å². The number of hydrogen-bond donors (Lipinski definition) is 4. The van der Waals surface area contributed by atoms with Crippen molar-refractivity contribution >= 4 is 18.0 Å². The maximum Gasteiger partial charge on any atom is 0.389 e. The summed E-state index contributed by atoms with van der Waals surface area (Å²) in [6.45, 7) is -0.0681. The first-order valence-corrected chi connectivity index (χ1v) is 5.67. The third kappa shape index (κ3) is 9.97. The number of rotatable bonds is 8. The fourth-order valence-corrected chi connectivity index (χ4v) is 1.24. The Labute approximate surface area is 112 Å². The Morgan fingerprint density at radius 2 is 1.70 bits per heavy atom. The largest absolute Gasteiger partial charge is 0.481 e. The number of nitrogens with one attached hydrogen (secondary N) is 2. The zero-order chi connectivity index (χ0) is 15.8. The maximum absolute atomic E-state index is 11.8. The van der Waals surface area contributed by atoms with E-state index in [1.807, 2.05) is 5.32 Å². The zero-order valence-corrected chi connectivity index (χ0v) is 10.4. The van der Waals surface area contributed by atoms with Crippen LogP contribution in [-0.2, 0) is 9.59 Å². The topological polar surface area (TPSA) is 116 Å². The quantitative estimate of drug-likeness (QED) is 0.498. The molecule has 0 aliphatic rings. The van der Waals surface area contributed by atoms with Crippen molar-refractivity contribution in [1.82, 2.24) is 10.6 Å². The number of aliphatic carboxylic acids is 2. The minimum atomic E-state index is -4.25. The monoisotopic (exact) mass is 300 g/mol. The lowest BCUT2D eigenvalue weighted by Gasteiger charge is -2.13. The van der Waals surface area contributed by atoms with Gasteiger partial charge >= 0.3 is 24.1 Å². The highest BCUT2D eigenvalue weighted by atomic mass is 19.4. The van der Waals surface area contributed by atoms with Crippen LogP contribution in [0.25, 0.3) is 0 Å². The molecule has 0 saturated heterocycles. The Hall–Kier alpha value is -2.00. The second-order valence-corrected chi connectivity index (χ2v) is 3.96. The van der Waals surface area contributed by atoms with Crippen LogP contribution in [0.4, 0.5) is 18.0 Å². The van der Waals surface area contributed by atoms with Gasteiger partial charge in [-0.3, -0.25) is 4.79 Å². The molecule has 0 aromatic heterocycles. The highest BCUT2D eigenvalue weighted by Crippen LogP contribution is 2.21. The predicted octanol–water partition coefficient (Wildman–Crippen LogP) is 0.946. The molecule has 10 heteroatoms. The lowest BCUT2D eigenvalue weighted by molar-refractivity contribution is -0.145. The number of hydrogen-bond acceptors (Lipinski definition) is 3. The second kappa shape index (κ2) is 8.23. The Morgan fingerprint density at radius 1 is 1.10 bits per heavy atom. The zero-order valence-electron chi connectivity index (χ0n) is 10.4. The minimum absolute atomic E-state index is 0.0681. The molecule has 7 nitrogen and oxygen atoms in total. The number of carbonyl (C=O) groups is 3. The number of amides is 2. The summed E-state index contributed by atoms with van der Waals surface area (Å²) in [5, 5.41) is 21.1. The molecule has 116 valence electrons. The molecule has 1 atom stereocenters. The molecule has 2 amide bonds. The number of halogens is 3. The fourth-order valence-electron chi connectivity index (χ4n) is 1.24. The van der Waals surface area contributed by atoms with Gasteiger partial charge in [0.1, 0.15) is 6.04 Å².